The highest BCUT2D eigenvalue weighted by Gasteiger charge is 2.32. The topological polar surface area (TPSA) is 33.5 Å². The number of carbonyl (C=O) groups excluding carboxylic acids is 1. The molecule has 0 saturated heterocycles. The summed E-state index contributed by atoms with van der Waals surface area (Å²) in [5, 5.41) is 1.05. The summed E-state index contributed by atoms with van der Waals surface area (Å²) in [4.78, 5) is 14.9. The predicted octanol–water partition coefficient (Wildman–Crippen LogP) is 4.47. The maximum atomic E-state index is 12.9. The van der Waals surface area contributed by atoms with Gasteiger partial charge in [0.25, 0.3) is 0 Å². The van der Waals surface area contributed by atoms with Crippen molar-refractivity contribution in [2.24, 2.45) is 0 Å². The van der Waals surface area contributed by atoms with E-state index in [9.17, 15) is 4.79 Å². The van der Waals surface area contributed by atoms with Crippen molar-refractivity contribution in [3.05, 3.63) is 71.5 Å². The number of furan rings is 1. The van der Waals surface area contributed by atoms with Gasteiger partial charge in [0.15, 0.2) is 0 Å². The first kappa shape index (κ1) is 15.0. The van der Waals surface area contributed by atoms with E-state index >= 15 is 0 Å². The summed E-state index contributed by atoms with van der Waals surface area (Å²) in [6, 6.07) is 16.8. The number of aryl methyl sites for hydroxylation is 1. The summed E-state index contributed by atoms with van der Waals surface area (Å²) in [7, 11) is 0. The summed E-state index contributed by atoms with van der Waals surface area (Å²) in [5.41, 5.74) is 4.19. The molecule has 1 aliphatic carbocycles. The Morgan fingerprint density at radius 1 is 1.17 bits per heavy atom. The Morgan fingerprint density at radius 3 is 2.71 bits per heavy atom. The van der Waals surface area contributed by atoms with Crippen molar-refractivity contribution in [2.75, 3.05) is 0 Å². The average Bonchev–Trinajstić information content (AvgIpc) is 3.36. The summed E-state index contributed by atoms with van der Waals surface area (Å²) in [6.07, 6.45) is 4.36. The van der Waals surface area contributed by atoms with Crippen LogP contribution in [0.5, 0.6) is 0 Å². The zero-order valence-corrected chi connectivity index (χ0v) is 13.9. The molecule has 2 aromatic carbocycles. The zero-order valence-electron chi connectivity index (χ0n) is 13.9. The Morgan fingerprint density at radius 2 is 1.96 bits per heavy atom. The highest BCUT2D eigenvalue weighted by Crippen LogP contribution is 2.30. The number of hydrogen-bond acceptors (Lipinski definition) is 2. The fourth-order valence-corrected chi connectivity index (χ4v) is 3.18. The van der Waals surface area contributed by atoms with Crippen LogP contribution in [0.15, 0.2) is 59.2 Å². The molecule has 122 valence electrons. The van der Waals surface area contributed by atoms with Crippen molar-refractivity contribution in [3.63, 3.8) is 0 Å². The highest BCUT2D eigenvalue weighted by molar-refractivity contribution is 5.88. The summed E-state index contributed by atoms with van der Waals surface area (Å²) >= 11 is 0. The van der Waals surface area contributed by atoms with Crippen molar-refractivity contribution in [2.45, 2.75) is 38.8 Å². The molecule has 3 aromatic rings. The first-order valence-corrected chi connectivity index (χ1v) is 8.51. The molecule has 1 amide bonds. The van der Waals surface area contributed by atoms with Crippen LogP contribution < -0.4 is 0 Å². The lowest BCUT2D eigenvalue weighted by atomic mass is 10.1. The molecule has 1 aliphatic rings. The van der Waals surface area contributed by atoms with Gasteiger partial charge >= 0.3 is 0 Å². The fourth-order valence-electron chi connectivity index (χ4n) is 3.18. The molecule has 1 heterocycles. The maximum Gasteiger partial charge on any atom is 0.227 e. The highest BCUT2D eigenvalue weighted by atomic mass is 16.3. The van der Waals surface area contributed by atoms with Crippen LogP contribution in [-0.4, -0.2) is 16.8 Å². The van der Waals surface area contributed by atoms with E-state index in [1.807, 2.05) is 36.1 Å². The molecule has 24 heavy (non-hydrogen) atoms. The second kappa shape index (κ2) is 6.16. The standard InChI is InChI=1S/C21H21NO2/c1-15-7-10-19-17(14-24-20(19)11-15)12-21(23)22(18-8-9-18)13-16-5-3-2-4-6-16/h2-7,10-11,14,18H,8-9,12-13H2,1H3. The molecule has 1 aromatic heterocycles. The molecule has 1 saturated carbocycles. The van der Waals surface area contributed by atoms with Gasteiger partial charge in [0.1, 0.15) is 5.58 Å². The van der Waals surface area contributed by atoms with E-state index in [1.54, 1.807) is 6.26 Å². The second-order valence-electron chi connectivity index (χ2n) is 6.68. The number of nitrogens with zero attached hydrogens (tertiary/aromatic N) is 1. The van der Waals surface area contributed by atoms with Crippen LogP contribution in [0.4, 0.5) is 0 Å². The monoisotopic (exact) mass is 319 g/mol. The van der Waals surface area contributed by atoms with Gasteiger partial charge in [-0.3, -0.25) is 4.79 Å². The predicted molar refractivity (Wildman–Crippen MR) is 94.7 cm³/mol. The molecule has 0 spiro atoms. The summed E-state index contributed by atoms with van der Waals surface area (Å²) in [6.45, 7) is 2.74. The lowest BCUT2D eigenvalue weighted by Gasteiger charge is -2.22. The number of carbonyl (C=O) groups is 1. The van der Waals surface area contributed by atoms with Crippen LogP contribution in [0.1, 0.15) is 29.5 Å². The van der Waals surface area contributed by atoms with Crippen molar-refractivity contribution >= 4 is 16.9 Å². The van der Waals surface area contributed by atoms with Gasteiger partial charge in [0.2, 0.25) is 5.91 Å². The molecular formula is C21H21NO2. The van der Waals surface area contributed by atoms with Gasteiger partial charge in [-0.15, -0.1) is 0 Å². The van der Waals surface area contributed by atoms with E-state index in [4.69, 9.17) is 4.42 Å². The molecule has 3 heteroatoms. The molecule has 0 unspecified atom stereocenters. The molecular weight excluding hydrogens is 298 g/mol. The van der Waals surface area contributed by atoms with Crippen LogP contribution in [0, 0.1) is 6.92 Å². The van der Waals surface area contributed by atoms with Crippen molar-refractivity contribution in [1.82, 2.24) is 4.90 Å². The first-order valence-electron chi connectivity index (χ1n) is 8.51. The molecule has 3 nitrogen and oxygen atoms in total. The van der Waals surface area contributed by atoms with E-state index in [0.29, 0.717) is 19.0 Å². The Hall–Kier alpha value is -2.55. The molecule has 4 rings (SSSR count). The smallest absolute Gasteiger partial charge is 0.227 e. The molecule has 0 radical (unpaired) electrons. The van der Waals surface area contributed by atoms with Crippen LogP contribution in [-0.2, 0) is 17.8 Å². The second-order valence-corrected chi connectivity index (χ2v) is 6.68. The molecule has 0 N–H and O–H groups in total. The van der Waals surface area contributed by atoms with Gasteiger partial charge in [0.05, 0.1) is 12.7 Å². The van der Waals surface area contributed by atoms with Gasteiger partial charge < -0.3 is 9.32 Å². The molecule has 0 bridgehead atoms. The Balaban J connectivity index is 1.54. The van der Waals surface area contributed by atoms with E-state index in [2.05, 4.69) is 24.3 Å². The third-order valence-electron chi connectivity index (χ3n) is 4.66. The Bertz CT molecular complexity index is 862. The quantitative estimate of drug-likeness (QED) is 0.695. The van der Waals surface area contributed by atoms with E-state index < -0.39 is 0 Å². The van der Waals surface area contributed by atoms with E-state index in [1.165, 1.54) is 11.1 Å². The first-order chi connectivity index (χ1) is 11.7. The number of fused-ring (bicyclic) bond motifs is 1. The average molecular weight is 319 g/mol. The Labute approximate surface area is 141 Å². The van der Waals surface area contributed by atoms with Crippen LogP contribution in [0.2, 0.25) is 0 Å². The summed E-state index contributed by atoms with van der Waals surface area (Å²) in [5.74, 6) is 0.185. The third kappa shape index (κ3) is 3.07. The lowest BCUT2D eigenvalue weighted by molar-refractivity contribution is -0.131. The van der Waals surface area contributed by atoms with Crippen LogP contribution in [0.25, 0.3) is 11.0 Å². The number of benzene rings is 2. The number of hydrogen-bond donors (Lipinski definition) is 0. The van der Waals surface area contributed by atoms with Crippen molar-refractivity contribution in [1.29, 1.82) is 0 Å². The van der Waals surface area contributed by atoms with Gasteiger partial charge in [0, 0.05) is 23.5 Å². The molecule has 1 fully saturated rings. The number of amides is 1. The van der Waals surface area contributed by atoms with Gasteiger partial charge in [-0.05, 0) is 37.0 Å². The van der Waals surface area contributed by atoms with Crippen molar-refractivity contribution in [3.8, 4) is 0 Å². The van der Waals surface area contributed by atoms with Gasteiger partial charge in [-0.25, -0.2) is 0 Å². The van der Waals surface area contributed by atoms with E-state index in [0.717, 1.165) is 29.4 Å². The van der Waals surface area contributed by atoms with E-state index in [-0.39, 0.29) is 5.91 Å². The van der Waals surface area contributed by atoms with Crippen LogP contribution in [0.3, 0.4) is 0 Å². The van der Waals surface area contributed by atoms with Crippen molar-refractivity contribution < 1.29 is 9.21 Å². The Kier molecular flexibility index (Phi) is 3.85. The third-order valence-corrected chi connectivity index (χ3v) is 4.66. The minimum atomic E-state index is 0.185. The minimum Gasteiger partial charge on any atom is -0.464 e. The lowest BCUT2D eigenvalue weighted by Crippen LogP contribution is -2.33. The van der Waals surface area contributed by atoms with Gasteiger partial charge in [-0.2, -0.15) is 0 Å². The van der Waals surface area contributed by atoms with Crippen LogP contribution >= 0.6 is 0 Å². The summed E-state index contributed by atoms with van der Waals surface area (Å²) < 4.78 is 5.63. The number of rotatable bonds is 5. The fraction of sp³-hybridized carbons (Fsp3) is 0.286. The normalized spacial score (nSPS) is 14.0. The SMILES string of the molecule is Cc1ccc2c(CC(=O)N(Cc3ccccc3)C3CC3)coc2c1. The zero-order chi connectivity index (χ0) is 16.5. The maximum absolute atomic E-state index is 12.9. The molecule has 0 atom stereocenters. The molecule has 0 aliphatic heterocycles. The minimum absolute atomic E-state index is 0.185. The largest absolute Gasteiger partial charge is 0.464 e. The van der Waals surface area contributed by atoms with Gasteiger partial charge in [-0.1, -0.05) is 42.5 Å².